The highest BCUT2D eigenvalue weighted by atomic mass is 16.5. The van der Waals surface area contributed by atoms with Gasteiger partial charge in [-0.15, -0.1) is 0 Å². The first-order valence-corrected chi connectivity index (χ1v) is 6.64. The van der Waals surface area contributed by atoms with Gasteiger partial charge in [0.05, 0.1) is 26.4 Å². The van der Waals surface area contributed by atoms with Crippen LogP contribution in [0.5, 0.6) is 11.5 Å². The van der Waals surface area contributed by atoms with Crippen molar-refractivity contribution in [1.29, 1.82) is 0 Å². The molecule has 1 aromatic rings. The number of methoxy groups -OCH3 is 2. The van der Waals surface area contributed by atoms with Gasteiger partial charge < -0.3 is 19.9 Å². The normalized spacial score (nSPS) is 14.3. The summed E-state index contributed by atoms with van der Waals surface area (Å²) in [6.45, 7) is 6.83. The summed E-state index contributed by atoms with van der Waals surface area (Å²) in [5.41, 5.74) is 7.28. The molecule has 19 heavy (non-hydrogen) atoms. The Bertz CT molecular complexity index is 393. The lowest BCUT2D eigenvalue weighted by Gasteiger charge is -2.28. The third-order valence-corrected chi connectivity index (χ3v) is 3.17. The fourth-order valence-corrected chi connectivity index (χ4v) is 2.18. The van der Waals surface area contributed by atoms with Gasteiger partial charge >= 0.3 is 0 Å². The van der Waals surface area contributed by atoms with E-state index in [1.54, 1.807) is 14.2 Å². The molecule has 0 spiro atoms. The zero-order chi connectivity index (χ0) is 14.4. The largest absolute Gasteiger partial charge is 0.497 e. The standard InChI is InChI=1S/C15H25NO3/c1-6-19-15(10(2)3)14(16)12-9-11(17-4)7-8-13(12)18-5/h7-10,14-15H,6,16H2,1-5H3. The predicted molar refractivity (Wildman–Crippen MR) is 76.7 cm³/mol. The first kappa shape index (κ1) is 15.8. The molecule has 0 heterocycles. The molecule has 0 aromatic heterocycles. The molecule has 0 fully saturated rings. The monoisotopic (exact) mass is 267 g/mol. The number of nitrogens with two attached hydrogens (primary N) is 1. The molecule has 1 aromatic carbocycles. The Labute approximate surface area is 115 Å². The number of ether oxygens (including phenoxy) is 3. The van der Waals surface area contributed by atoms with Crippen LogP contribution in [0.1, 0.15) is 32.4 Å². The Hall–Kier alpha value is -1.26. The lowest BCUT2D eigenvalue weighted by Crippen LogP contribution is -2.33. The predicted octanol–water partition coefficient (Wildman–Crippen LogP) is 2.76. The van der Waals surface area contributed by atoms with Gasteiger partial charge in [0.1, 0.15) is 11.5 Å². The van der Waals surface area contributed by atoms with Crippen LogP contribution in [-0.2, 0) is 4.74 Å². The first-order valence-electron chi connectivity index (χ1n) is 6.64. The molecule has 0 saturated carbocycles. The van der Waals surface area contributed by atoms with Gasteiger partial charge in [-0.05, 0) is 31.0 Å². The van der Waals surface area contributed by atoms with Crippen LogP contribution >= 0.6 is 0 Å². The quantitative estimate of drug-likeness (QED) is 0.825. The fourth-order valence-electron chi connectivity index (χ4n) is 2.18. The van der Waals surface area contributed by atoms with Crippen molar-refractivity contribution in [2.24, 2.45) is 11.7 Å². The first-order chi connectivity index (χ1) is 9.04. The molecule has 0 bridgehead atoms. The van der Waals surface area contributed by atoms with E-state index >= 15 is 0 Å². The van der Waals surface area contributed by atoms with E-state index in [0.717, 1.165) is 17.1 Å². The fraction of sp³-hybridized carbons (Fsp3) is 0.600. The Morgan fingerprint density at radius 3 is 2.32 bits per heavy atom. The van der Waals surface area contributed by atoms with Gasteiger partial charge in [0.2, 0.25) is 0 Å². The highest BCUT2D eigenvalue weighted by molar-refractivity contribution is 5.42. The highest BCUT2D eigenvalue weighted by Crippen LogP contribution is 2.32. The Kier molecular flexibility index (Phi) is 6.12. The summed E-state index contributed by atoms with van der Waals surface area (Å²) >= 11 is 0. The van der Waals surface area contributed by atoms with Gasteiger partial charge in [-0.1, -0.05) is 13.8 Å². The molecule has 2 unspecified atom stereocenters. The minimum Gasteiger partial charge on any atom is -0.497 e. The van der Waals surface area contributed by atoms with E-state index in [1.807, 2.05) is 25.1 Å². The molecular formula is C15H25NO3. The molecule has 4 heteroatoms. The van der Waals surface area contributed by atoms with Crippen molar-refractivity contribution in [3.63, 3.8) is 0 Å². The maximum atomic E-state index is 6.37. The molecule has 0 radical (unpaired) electrons. The van der Waals surface area contributed by atoms with Crippen LogP contribution in [0.25, 0.3) is 0 Å². The van der Waals surface area contributed by atoms with E-state index in [-0.39, 0.29) is 12.1 Å². The number of hydrogen-bond acceptors (Lipinski definition) is 4. The van der Waals surface area contributed by atoms with Crippen molar-refractivity contribution in [1.82, 2.24) is 0 Å². The van der Waals surface area contributed by atoms with Crippen LogP contribution in [0.4, 0.5) is 0 Å². The zero-order valence-corrected chi connectivity index (χ0v) is 12.5. The maximum Gasteiger partial charge on any atom is 0.123 e. The van der Waals surface area contributed by atoms with Crippen molar-refractivity contribution in [3.05, 3.63) is 23.8 Å². The molecule has 108 valence electrons. The van der Waals surface area contributed by atoms with Gasteiger partial charge in [0, 0.05) is 12.2 Å². The van der Waals surface area contributed by atoms with Gasteiger partial charge in [-0.3, -0.25) is 0 Å². The third kappa shape index (κ3) is 3.85. The second-order valence-electron chi connectivity index (χ2n) is 4.80. The molecule has 0 saturated heterocycles. The number of hydrogen-bond donors (Lipinski definition) is 1. The molecule has 0 amide bonds. The Morgan fingerprint density at radius 2 is 1.84 bits per heavy atom. The lowest BCUT2D eigenvalue weighted by molar-refractivity contribution is 0.0116. The third-order valence-electron chi connectivity index (χ3n) is 3.17. The molecule has 4 nitrogen and oxygen atoms in total. The van der Waals surface area contributed by atoms with E-state index < -0.39 is 0 Å². The summed E-state index contributed by atoms with van der Waals surface area (Å²) in [4.78, 5) is 0. The van der Waals surface area contributed by atoms with Crippen LogP contribution in [0.2, 0.25) is 0 Å². The minimum atomic E-state index is -0.245. The summed E-state index contributed by atoms with van der Waals surface area (Å²) in [6.07, 6.45) is -0.0500. The van der Waals surface area contributed by atoms with Crippen molar-refractivity contribution in [3.8, 4) is 11.5 Å². The molecule has 1 rings (SSSR count). The second kappa shape index (κ2) is 7.36. The van der Waals surface area contributed by atoms with Gasteiger partial charge in [0.25, 0.3) is 0 Å². The minimum absolute atomic E-state index is 0.0500. The molecular weight excluding hydrogens is 242 g/mol. The molecule has 0 aliphatic carbocycles. The average molecular weight is 267 g/mol. The van der Waals surface area contributed by atoms with Crippen LogP contribution < -0.4 is 15.2 Å². The van der Waals surface area contributed by atoms with Crippen molar-refractivity contribution in [2.75, 3.05) is 20.8 Å². The summed E-state index contributed by atoms with van der Waals surface area (Å²) < 4.78 is 16.4. The summed E-state index contributed by atoms with van der Waals surface area (Å²) in [7, 11) is 3.28. The van der Waals surface area contributed by atoms with Crippen molar-refractivity contribution >= 4 is 0 Å². The van der Waals surface area contributed by atoms with Crippen LogP contribution in [-0.4, -0.2) is 26.9 Å². The van der Waals surface area contributed by atoms with Gasteiger partial charge in [0.15, 0.2) is 0 Å². The van der Waals surface area contributed by atoms with Crippen molar-refractivity contribution in [2.45, 2.75) is 32.9 Å². The molecule has 0 aliphatic heterocycles. The number of rotatable bonds is 7. The highest BCUT2D eigenvalue weighted by Gasteiger charge is 2.26. The zero-order valence-electron chi connectivity index (χ0n) is 12.5. The topological polar surface area (TPSA) is 53.7 Å². The number of benzene rings is 1. The van der Waals surface area contributed by atoms with Crippen molar-refractivity contribution < 1.29 is 14.2 Å². The van der Waals surface area contributed by atoms with Crippen LogP contribution in [0.3, 0.4) is 0 Å². The van der Waals surface area contributed by atoms with E-state index in [0.29, 0.717) is 12.5 Å². The Balaban J connectivity index is 3.10. The van der Waals surface area contributed by atoms with Crippen LogP contribution in [0.15, 0.2) is 18.2 Å². The average Bonchev–Trinajstić information content (AvgIpc) is 2.42. The molecule has 0 aliphatic rings. The second-order valence-corrected chi connectivity index (χ2v) is 4.80. The van der Waals surface area contributed by atoms with Crippen LogP contribution in [0, 0.1) is 5.92 Å². The van der Waals surface area contributed by atoms with E-state index in [2.05, 4.69) is 13.8 Å². The van der Waals surface area contributed by atoms with E-state index in [1.165, 1.54) is 0 Å². The molecule has 2 atom stereocenters. The SMILES string of the molecule is CCOC(C(C)C)C(N)c1cc(OC)ccc1OC. The van der Waals surface area contributed by atoms with Gasteiger partial charge in [-0.25, -0.2) is 0 Å². The summed E-state index contributed by atoms with van der Waals surface area (Å²) in [6, 6.07) is 5.40. The Morgan fingerprint density at radius 1 is 1.16 bits per heavy atom. The smallest absolute Gasteiger partial charge is 0.123 e. The summed E-state index contributed by atoms with van der Waals surface area (Å²) in [5, 5.41) is 0. The van der Waals surface area contributed by atoms with Gasteiger partial charge in [-0.2, -0.15) is 0 Å². The summed E-state index contributed by atoms with van der Waals surface area (Å²) in [5.74, 6) is 1.86. The maximum absolute atomic E-state index is 6.37. The lowest BCUT2D eigenvalue weighted by atomic mass is 9.93. The van der Waals surface area contributed by atoms with E-state index in [4.69, 9.17) is 19.9 Å². The molecule has 2 N–H and O–H groups in total. The van der Waals surface area contributed by atoms with E-state index in [9.17, 15) is 0 Å².